The van der Waals surface area contributed by atoms with Crippen LogP contribution in [0.4, 0.5) is 17.1 Å². The smallest absolute Gasteiger partial charge is 0.272 e. The first-order chi connectivity index (χ1) is 25.3. The van der Waals surface area contributed by atoms with Crippen molar-refractivity contribution in [1.29, 1.82) is 0 Å². The van der Waals surface area contributed by atoms with Crippen LogP contribution in [0.2, 0.25) is 0 Å². The fourth-order valence-corrected chi connectivity index (χ4v) is 7.72. The second-order valence-electron chi connectivity index (χ2n) is 11.5. The summed E-state index contributed by atoms with van der Waals surface area (Å²) >= 11 is 3.14. The third-order valence-corrected chi connectivity index (χ3v) is 10.7. The molecule has 1 atom stereocenters. The largest absolute Gasteiger partial charge is 0.493 e. The van der Waals surface area contributed by atoms with Crippen LogP contribution < -0.4 is 29.7 Å². The van der Waals surface area contributed by atoms with Gasteiger partial charge in [0.05, 0.1) is 38.0 Å². The molecule has 0 aliphatic carbocycles. The van der Waals surface area contributed by atoms with Gasteiger partial charge in [-0.2, -0.15) is 0 Å². The summed E-state index contributed by atoms with van der Waals surface area (Å²) in [5.41, 5.74) is 3.19. The van der Waals surface area contributed by atoms with Crippen molar-refractivity contribution in [2.45, 2.75) is 33.3 Å². The Morgan fingerprint density at radius 1 is 0.769 bits per heavy atom. The van der Waals surface area contributed by atoms with Crippen molar-refractivity contribution in [1.82, 2.24) is 5.32 Å². The SMILES string of the molecule is CCC(Sc1ccc(NC(=O)/C(=C/c2cc(OC)c(OC)c(OC)c2)NC(=O)c2ccccc2)cc1)C(=O)N1c2ccccc2Sc2ccccc21. The molecule has 1 unspecified atom stereocenters. The van der Waals surface area contributed by atoms with E-state index in [4.69, 9.17) is 14.2 Å². The Hall–Kier alpha value is -5.65. The second-order valence-corrected chi connectivity index (χ2v) is 13.9. The summed E-state index contributed by atoms with van der Waals surface area (Å²) in [6.07, 6.45) is 2.16. The lowest BCUT2D eigenvalue weighted by Crippen LogP contribution is -2.35. The zero-order chi connectivity index (χ0) is 36.6. The van der Waals surface area contributed by atoms with Crippen LogP contribution in [0.15, 0.2) is 136 Å². The number of amides is 3. The van der Waals surface area contributed by atoms with Crippen LogP contribution in [0.1, 0.15) is 29.3 Å². The van der Waals surface area contributed by atoms with Crippen molar-refractivity contribution in [2.75, 3.05) is 31.5 Å². The molecular weight excluding hydrogens is 695 g/mol. The summed E-state index contributed by atoms with van der Waals surface area (Å²) in [6, 6.07) is 35.2. The molecule has 5 aromatic rings. The number of nitrogens with zero attached hydrogens (tertiary/aromatic N) is 1. The van der Waals surface area contributed by atoms with Gasteiger partial charge in [0.25, 0.3) is 11.8 Å². The summed E-state index contributed by atoms with van der Waals surface area (Å²) in [4.78, 5) is 45.9. The Bertz CT molecular complexity index is 2050. The highest BCUT2D eigenvalue weighted by Crippen LogP contribution is 2.49. The average molecular weight is 732 g/mol. The van der Waals surface area contributed by atoms with Gasteiger partial charge in [-0.25, -0.2) is 0 Å². The van der Waals surface area contributed by atoms with E-state index in [2.05, 4.69) is 10.6 Å². The number of fused-ring (bicyclic) bond motifs is 2. The zero-order valence-corrected chi connectivity index (χ0v) is 30.7. The molecule has 0 radical (unpaired) electrons. The summed E-state index contributed by atoms with van der Waals surface area (Å²) < 4.78 is 16.4. The number of hydrogen-bond acceptors (Lipinski definition) is 8. The van der Waals surface area contributed by atoms with Gasteiger partial charge in [0.2, 0.25) is 11.7 Å². The fourth-order valence-electron chi connectivity index (χ4n) is 5.67. The molecule has 5 aromatic carbocycles. The number of rotatable bonds is 12. The zero-order valence-electron chi connectivity index (χ0n) is 29.0. The third-order valence-electron chi connectivity index (χ3n) is 8.22. The number of ether oxygens (including phenoxy) is 3. The molecule has 1 heterocycles. The average Bonchev–Trinajstić information content (AvgIpc) is 3.18. The highest BCUT2D eigenvalue weighted by atomic mass is 32.2. The predicted molar refractivity (Wildman–Crippen MR) is 207 cm³/mol. The molecule has 1 aliphatic heterocycles. The number of methoxy groups -OCH3 is 3. The Morgan fingerprint density at radius 2 is 1.35 bits per heavy atom. The van der Waals surface area contributed by atoms with Crippen molar-refractivity contribution >= 4 is 64.4 Å². The second kappa shape index (κ2) is 16.6. The normalized spacial score (nSPS) is 12.5. The van der Waals surface area contributed by atoms with Crippen molar-refractivity contribution in [2.24, 2.45) is 0 Å². The van der Waals surface area contributed by atoms with Crippen LogP contribution in [0.25, 0.3) is 6.08 Å². The van der Waals surface area contributed by atoms with Gasteiger partial charge >= 0.3 is 0 Å². The number of para-hydroxylation sites is 2. The Labute approximate surface area is 311 Å². The van der Waals surface area contributed by atoms with Crippen LogP contribution in [-0.4, -0.2) is 44.3 Å². The molecule has 2 N–H and O–H groups in total. The fraction of sp³-hybridized carbons (Fsp3) is 0.146. The standard InChI is InChI=1S/C41H37N3O6S2/c1-5-35(41(47)44-31-15-9-11-17-36(31)52-37-18-12-10-16-32(37)44)51-29-21-19-28(20-22-29)42-40(46)30(43-39(45)27-13-7-6-8-14-27)23-26-24-33(48-2)38(50-4)34(25-26)49-3/h6-25,35H,5H2,1-4H3,(H,42,46)(H,43,45)/b30-23-. The molecule has 11 heteroatoms. The minimum Gasteiger partial charge on any atom is -0.493 e. The van der Waals surface area contributed by atoms with Crippen LogP contribution in [-0.2, 0) is 9.59 Å². The van der Waals surface area contributed by atoms with E-state index in [1.54, 1.807) is 60.3 Å². The summed E-state index contributed by atoms with van der Waals surface area (Å²) in [5, 5.41) is 5.30. The molecule has 264 valence electrons. The molecule has 3 amide bonds. The van der Waals surface area contributed by atoms with Crippen molar-refractivity contribution in [3.05, 3.63) is 132 Å². The lowest BCUT2D eigenvalue weighted by molar-refractivity contribution is -0.117. The van der Waals surface area contributed by atoms with Gasteiger partial charge in [-0.15, -0.1) is 11.8 Å². The van der Waals surface area contributed by atoms with Crippen molar-refractivity contribution in [3.8, 4) is 17.2 Å². The summed E-state index contributed by atoms with van der Waals surface area (Å²) in [5.74, 6) is 0.199. The number of hydrogen-bond donors (Lipinski definition) is 2. The third kappa shape index (κ3) is 7.96. The molecule has 1 aliphatic rings. The topological polar surface area (TPSA) is 106 Å². The van der Waals surface area contributed by atoms with E-state index in [0.29, 0.717) is 40.5 Å². The quantitative estimate of drug-likeness (QED) is 0.0969. The van der Waals surface area contributed by atoms with E-state index in [1.165, 1.54) is 39.2 Å². The van der Waals surface area contributed by atoms with E-state index in [1.807, 2.05) is 78.6 Å². The lowest BCUT2D eigenvalue weighted by Gasteiger charge is -2.33. The van der Waals surface area contributed by atoms with Gasteiger partial charge in [-0.3, -0.25) is 19.3 Å². The molecule has 0 fully saturated rings. The number of carbonyl (C=O) groups excluding carboxylic acids is 3. The molecule has 0 bridgehead atoms. The molecule has 52 heavy (non-hydrogen) atoms. The van der Waals surface area contributed by atoms with Crippen molar-refractivity contribution < 1.29 is 28.6 Å². The maximum atomic E-state index is 14.2. The first kappa shape index (κ1) is 36.2. The van der Waals surface area contributed by atoms with E-state index in [9.17, 15) is 14.4 Å². The van der Waals surface area contributed by atoms with Gasteiger partial charge in [0, 0.05) is 25.9 Å². The van der Waals surface area contributed by atoms with Gasteiger partial charge in [0.1, 0.15) is 5.70 Å². The van der Waals surface area contributed by atoms with Crippen LogP contribution in [0.3, 0.4) is 0 Å². The van der Waals surface area contributed by atoms with Crippen molar-refractivity contribution in [3.63, 3.8) is 0 Å². The van der Waals surface area contributed by atoms with Crippen LogP contribution >= 0.6 is 23.5 Å². The summed E-state index contributed by atoms with van der Waals surface area (Å²) in [7, 11) is 4.51. The van der Waals surface area contributed by atoms with Gasteiger partial charge in [-0.1, -0.05) is 61.2 Å². The molecule has 0 saturated carbocycles. The number of benzene rings is 5. The van der Waals surface area contributed by atoms with Gasteiger partial charge < -0.3 is 24.8 Å². The first-order valence-corrected chi connectivity index (χ1v) is 18.2. The number of nitrogens with one attached hydrogen (secondary N) is 2. The highest BCUT2D eigenvalue weighted by Gasteiger charge is 2.32. The minimum absolute atomic E-state index is 0.000749. The van der Waals surface area contributed by atoms with Gasteiger partial charge in [-0.05, 0) is 90.9 Å². The summed E-state index contributed by atoms with van der Waals surface area (Å²) in [6.45, 7) is 2.01. The monoisotopic (exact) mass is 731 g/mol. The molecule has 0 aromatic heterocycles. The first-order valence-electron chi connectivity index (χ1n) is 16.5. The van der Waals surface area contributed by atoms with E-state index in [0.717, 1.165) is 26.1 Å². The van der Waals surface area contributed by atoms with Crippen LogP contribution in [0, 0.1) is 0 Å². The molecule has 0 spiro atoms. The highest BCUT2D eigenvalue weighted by molar-refractivity contribution is 8.00. The van der Waals surface area contributed by atoms with E-state index >= 15 is 0 Å². The molecule has 0 saturated heterocycles. The predicted octanol–water partition coefficient (Wildman–Crippen LogP) is 8.82. The van der Waals surface area contributed by atoms with E-state index in [-0.39, 0.29) is 16.9 Å². The molecule has 6 rings (SSSR count). The molecule has 9 nitrogen and oxygen atoms in total. The number of thioether (sulfide) groups is 1. The van der Waals surface area contributed by atoms with Crippen LogP contribution in [0.5, 0.6) is 17.2 Å². The maximum Gasteiger partial charge on any atom is 0.272 e. The lowest BCUT2D eigenvalue weighted by atomic mass is 10.1. The minimum atomic E-state index is -0.541. The van der Waals surface area contributed by atoms with Gasteiger partial charge in [0.15, 0.2) is 11.5 Å². The Kier molecular flexibility index (Phi) is 11.5. The molecular formula is C41H37N3O6S2. The Morgan fingerprint density at radius 3 is 1.90 bits per heavy atom. The number of anilines is 3. The Balaban J connectivity index is 1.22. The maximum absolute atomic E-state index is 14.2. The number of carbonyl (C=O) groups is 3. The van der Waals surface area contributed by atoms with E-state index < -0.39 is 11.8 Å².